The molecule has 2 rings (SSSR count). The SMILES string of the molecule is CC(CCCNC(C)(C)C)N1CCCCc2ccccc21. The first-order valence-electron chi connectivity index (χ1n) is 8.57. The van der Waals surface area contributed by atoms with Gasteiger partial charge >= 0.3 is 0 Å². The number of hydrogen-bond acceptors (Lipinski definition) is 2. The zero-order valence-electron chi connectivity index (χ0n) is 14.3. The maximum absolute atomic E-state index is 3.59. The second-order valence-corrected chi connectivity index (χ2v) is 7.45. The van der Waals surface area contributed by atoms with Gasteiger partial charge in [0, 0.05) is 23.8 Å². The molecule has 1 atom stereocenters. The molecule has 0 spiro atoms. The third-order valence-electron chi connectivity index (χ3n) is 4.38. The number of nitrogens with zero attached hydrogens (tertiary/aromatic N) is 1. The number of aryl methyl sites for hydroxylation is 1. The summed E-state index contributed by atoms with van der Waals surface area (Å²) in [6.45, 7) is 11.4. The Kier molecular flexibility index (Phi) is 5.69. The Morgan fingerprint density at radius 3 is 2.71 bits per heavy atom. The summed E-state index contributed by atoms with van der Waals surface area (Å²) in [5, 5.41) is 3.59. The van der Waals surface area contributed by atoms with Crippen LogP contribution in [0.15, 0.2) is 24.3 Å². The molecule has 1 unspecified atom stereocenters. The summed E-state index contributed by atoms with van der Waals surface area (Å²) in [7, 11) is 0. The number of benzene rings is 1. The first-order chi connectivity index (χ1) is 9.97. The van der Waals surface area contributed by atoms with E-state index in [2.05, 4.69) is 62.2 Å². The molecule has 2 nitrogen and oxygen atoms in total. The van der Waals surface area contributed by atoms with Gasteiger partial charge in [-0.1, -0.05) is 18.2 Å². The van der Waals surface area contributed by atoms with Crippen LogP contribution in [0.4, 0.5) is 5.69 Å². The fraction of sp³-hybridized carbons (Fsp3) is 0.684. The van der Waals surface area contributed by atoms with Crippen LogP contribution in [-0.2, 0) is 6.42 Å². The van der Waals surface area contributed by atoms with E-state index in [4.69, 9.17) is 0 Å². The monoisotopic (exact) mass is 288 g/mol. The molecule has 2 heteroatoms. The van der Waals surface area contributed by atoms with E-state index in [-0.39, 0.29) is 5.54 Å². The minimum atomic E-state index is 0.235. The largest absolute Gasteiger partial charge is 0.369 e. The topological polar surface area (TPSA) is 15.3 Å². The third-order valence-corrected chi connectivity index (χ3v) is 4.38. The number of nitrogens with one attached hydrogen (secondary N) is 1. The van der Waals surface area contributed by atoms with Crippen LogP contribution in [0.3, 0.4) is 0 Å². The lowest BCUT2D eigenvalue weighted by Gasteiger charge is -2.32. The Labute approximate surface area is 130 Å². The van der Waals surface area contributed by atoms with Crippen LogP contribution < -0.4 is 10.2 Å². The average molecular weight is 288 g/mol. The second kappa shape index (κ2) is 7.31. The minimum absolute atomic E-state index is 0.235. The molecule has 0 saturated carbocycles. The normalized spacial score (nSPS) is 17.2. The van der Waals surface area contributed by atoms with Crippen molar-refractivity contribution in [3.8, 4) is 0 Å². The smallest absolute Gasteiger partial charge is 0.0401 e. The summed E-state index contributed by atoms with van der Waals surface area (Å²) in [6.07, 6.45) is 6.39. The molecular weight excluding hydrogens is 256 g/mol. The second-order valence-electron chi connectivity index (χ2n) is 7.45. The van der Waals surface area contributed by atoms with Gasteiger partial charge in [-0.3, -0.25) is 0 Å². The Bertz CT molecular complexity index is 433. The summed E-state index contributed by atoms with van der Waals surface area (Å²) in [5.41, 5.74) is 3.25. The maximum Gasteiger partial charge on any atom is 0.0401 e. The molecule has 1 N–H and O–H groups in total. The van der Waals surface area contributed by atoms with Gasteiger partial charge in [-0.05, 0) is 78.0 Å². The van der Waals surface area contributed by atoms with Gasteiger partial charge < -0.3 is 10.2 Å². The number of anilines is 1. The number of hydrogen-bond donors (Lipinski definition) is 1. The number of fused-ring (bicyclic) bond motifs is 1. The van der Waals surface area contributed by atoms with Crippen LogP contribution in [0.25, 0.3) is 0 Å². The van der Waals surface area contributed by atoms with Crippen molar-refractivity contribution in [2.45, 2.75) is 71.4 Å². The van der Waals surface area contributed by atoms with Crippen molar-refractivity contribution in [2.24, 2.45) is 0 Å². The number of para-hydroxylation sites is 1. The molecule has 0 saturated heterocycles. The predicted molar refractivity (Wildman–Crippen MR) is 93.2 cm³/mol. The highest BCUT2D eigenvalue weighted by molar-refractivity contribution is 5.55. The van der Waals surface area contributed by atoms with Crippen LogP contribution in [0, 0.1) is 0 Å². The molecule has 0 aliphatic carbocycles. The van der Waals surface area contributed by atoms with Crippen LogP contribution in [0.2, 0.25) is 0 Å². The van der Waals surface area contributed by atoms with Crippen molar-refractivity contribution in [1.29, 1.82) is 0 Å². The average Bonchev–Trinajstić information content (AvgIpc) is 2.64. The Morgan fingerprint density at radius 2 is 1.95 bits per heavy atom. The van der Waals surface area contributed by atoms with E-state index in [0.29, 0.717) is 6.04 Å². The highest BCUT2D eigenvalue weighted by Gasteiger charge is 2.19. The Hall–Kier alpha value is -1.02. The summed E-state index contributed by atoms with van der Waals surface area (Å²) < 4.78 is 0. The van der Waals surface area contributed by atoms with Crippen molar-refractivity contribution in [3.05, 3.63) is 29.8 Å². The zero-order valence-corrected chi connectivity index (χ0v) is 14.3. The van der Waals surface area contributed by atoms with Gasteiger partial charge in [-0.15, -0.1) is 0 Å². The van der Waals surface area contributed by atoms with Gasteiger partial charge in [-0.25, -0.2) is 0 Å². The zero-order chi connectivity index (χ0) is 15.3. The van der Waals surface area contributed by atoms with Gasteiger partial charge in [0.1, 0.15) is 0 Å². The molecule has 0 amide bonds. The van der Waals surface area contributed by atoms with E-state index < -0.39 is 0 Å². The van der Waals surface area contributed by atoms with Gasteiger partial charge in [0.25, 0.3) is 0 Å². The van der Waals surface area contributed by atoms with Crippen molar-refractivity contribution in [3.63, 3.8) is 0 Å². The number of rotatable bonds is 5. The molecule has 0 bridgehead atoms. The van der Waals surface area contributed by atoms with E-state index >= 15 is 0 Å². The molecule has 0 aromatic heterocycles. The quantitative estimate of drug-likeness (QED) is 0.809. The molecule has 118 valence electrons. The van der Waals surface area contributed by atoms with E-state index in [1.54, 1.807) is 0 Å². The molecule has 21 heavy (non-hydrogen) atoms. The highest BCUT2D eigenvalue weighted by atomic mass is 15.2. The summed E-state index contributed by atoms with van der Waals surface area (Å²) in [4.78, 5) is 2.64. The van der Waals surface area contributed by atoms with Crippen molar-refractivity contribution < 1.29 is 0 Å². The Morgan fingerprint density at radius 1 is 1.19 bits per heavy atom. The predicted octanol–water partition coefficient (Wildman–Crippen LogP) is 4.39. The first-order valence-corrected chi connectivity index (χ1v) is 8.57. The molecule has 1 aliphatic rings. The van der Waals surface area contributed by atoms with E-state index in [1.165, 1.54) is 49.9 Å². The lowest BCUT2D eigenvalue weighted by Crippen LogP contribution is -2.38. The maximum atomic E-state index is 3.59. The molecule has 0 fully saturated rings. The fourth-order valence-corrected chi connectivity index (χ4v) is 3.19. The highest BCUT2D eigenvalue weighted by Crippen LogP contribution is 2.28. The van der Waals surface area contributed by atoms with Crippen molar-refractivity contribution >= 4 is 5.69 Å². The van der Waals surface area contributed by atoms with E-state index in [0.717, 1.165) is 6.54 Å². The van der Waals surface area contributed by atoms with Crippen LogP contribution in [0.1, 0.15) is 58.9 Å². The summed E-state index contributed by atoms with van der Waals surface area (Å²) in [5.74, 6) is 0. The lowest BCUT2D eigenvalue weighted by molar-refractivity contribution is 0.411. The minimum Gasteiger partial charge on any atom is -0.369 e. The Balaban J connectivity index is 1.91. The first kappa shape index (κ1) is 16.4. The van der Waals surface area contributed by atoms with Gasteiger partial charge in [0.2, 0.25) is 0 Å². The van der Waals surface area contributed by atoms with E-state index in [9.17, 15) is 0 Å². The van der Waals surface area contributed by atoms with Crippen LogP contribution in [-0.4, -0.2) is 24.7 Å². The van der Waals surface area contributed by atoms with Gasteiger partial charge in [0.05, 0.1) is 0 Å². The molecule has 1 aromatic rings. The fourth-order valence-electron chi connectivity index (χ4n) is 3.19. The molecule has 0 radical (unpaired) electrons. The van der Waals surface area contributed by atoms with Gasteiger partial charge in [0.15, 0.2) is 0 Å². The van der Waals surface area contributed by atoms with E-state index in [1.807, 2.05) is 0 Å². The van der Waals surface area contributed by atoms with Crippen LogP contribution in [0.5, 0.6) is 0 Å². The van der Waals surface area contributed by atoms with Gasteiger partial charge in [-0.2, -0.15) is 0 Å². The summed E-state index contributed by atoms with van der Waals surface area (Å²) >= 11 is 0. The molecule has 1 heterocycles. The molecule has 1 aliphatic heterocycles. The standard InChI is InChI=1S/C19H32N2/c1-16(10-9-14-20-19(2,3)4)21-15-8-7-12-17-11-5-6-13-18(17)21/h5-6,11,13,16,20H,7-10,12,14-15H2,1-4H3. The molecule has 1 aromatic carbocycles. The summed E-state index contributed by atoms with van der Waals surface area (Å²) in [6, 6.07) is 9.61. The van der Waals surface area contributed by atoms with Crippen molar-refractivity contribution in [1.82, 2.24) is 5.32 Å². The van der Waals surface area contributed by atoms with Crippen LogP contribution >= 0.6 is 0 Å². The van der Waals surface area contributed by atoms with Crippen molar-refractivity contribution in [2.75, 3.05) is 18.0 Å². The lowest BCUT2D eigenvalue weighted by atomic mass is 10.1. The third kappa shape index (κ3) is 5.03. The molecular formula is C19H32N2.